The summed E-state index contributed by atoms with van der Waals surface area (Å²) in [5.74, 6) is -1.11. The lowest BCUT2D eigenvalue weighted by molar-refractivity contribution is -0.118. The maximum absolute atomic E-state index is 11.9. The summed E-state index contributed by atoms with van der Waals surface area (Å²) in [7, 11) is -3.54. The number of aliphatic hydroxyl groups is 1. The molecule has 2 atom stereocenters. The average molecular weight is 330 g/mol. The van der Waals surface area contributed by atoms with Gasteiger partial charge in [0.25, 0.3) is 0 Å². The molecule has 3 N–H and O–H groups in total. The molecular formula is C11H24ClN3O4S. The summed E-state index contributed by atoms with van der Waals surface area (Å²) in [6.07, 6.45) is -0.486. The van der Waals surface area contributed by atoms with Gasteiger partial charge in [0.1, 0.15) is 5.75 Å². The zero-order chi connectivity index (χ0) is 14.5. The molecule has 20 heavy (non-hydrogen) atoms. The summed E-state index contributed by atoms with van der Waals surface area (Å²) in [6, 6.07) is 0. The van der Waals surface area contributed by atoms with Crippen LogP contribution in [0.5, 0.6) is 0 Å². The Kier molecular flexibility index (Phi) is 8.60. The molecule has 1 rings (SSSR count). The molecule has 0 aromatic rings. The van der Waals surface area contributed by atoms with E-state index >= 15 is 0 Å². The highest BCUT2D eigenvalue weighted by Gasteiger charge is 2.27. The van der Waals surface area contributed by atoms with Crippen LogP contribution in [-0.2, 0) is 14.8 Å². The normalized spacial score (nSPS) is 22.6. The maximum atomic E-state index is 11.9. The van der Waals surface area contributed by atoms with Crippen molar-refractivity contribution in [2.24, 2.45) is 5.92 Å². The summed E-state index contributed by atoms with van der Waals surface area (Å²) in [4.78, 5) is 11.6. The van der Waals surface area contributed by atoms with E-state index in [0.29, 0.717) is 32.7 Å². The Balaban J connectivity index is 0.00000361. The standard InChI is InChI=1S/C11H23N3O4S.ClH/c1-3-14(4-2)19(17,18)8-11(16)13-6-9-5-12-7-10(9)15;/h9-10,12,15H,3-8H2,1-2H3,(H,13,16);1H. The fourth-order valence-electron chi connectivity index (χ4n) is 2.10. The molecule has 1 saturated heterocycles. The third-order valence-corrected chi connectivity index (χ3v) is 5.21. The van der Waals surface area contributed by atoms with Crippen LogP contribution in [0, 0.1) is 5.92 Å². The van der Waals surface area contributed by atoms with Gasteiger partial charge < -0.3 is 15.7 Å². The Bertz CT molecular complexity index is 400. The van der Waals surface area contributed by atoms with Crippen LogP contribution in [0.1, 0.15) is 13.8 Å². The van der Waals surface area contributed by atoms with E-state index in [1.807, 2.05) is 0 Å². The Morgan fingerprint density at radius 2 is 1.95 bits per heavy atom. The molecule has 1 aliphatic rings. The van der Waals surface area contributed by atoms with E-state index in [1.54, 1.807) is 13.8 Å². The molecule has 0 aliphatic carbocycles. The summed E-state index contributed by atoms with van der Waals surface area (Å²) < 4.78 is 25.0. The molecule has 1 amide bonds. The Morgan fingerprint density at radius 1 is 1.35 bits per heavy atom. The summed E-state index contributed by atoms with van der Waals surface area (Å²) in [5, 5.41) is 15.1. The Labute approximate surface area is 126 Å². The first kappa shape index (κ1) is 19.6. The minimum Gasteiger partial charge on any atom is -0.391 e. The second-order valence-electron chi connectivity index (χ2n) is 4.63. The van der Waals surface area contributed by atoms with Crippen molar-refractivity contribution in [3.63, 3.8) is 0 Å². The van der Waals surface area contributed by atoms with Crippen molar-refractivity contribution in [1.82, 2.24) is 14.9 Å². The zero-order valence-corrected chi connectivity index (χ0v) is 13.5. The average Bonchev–Trinajstić information content (AvgIpc) is 2.72. The second-order valence-corrected chi connectivity index (χ2v) is 6.60. The van der Waals surface area contributed by atoms with Crippen LogP contribution >= 0.6 is 12.4 Å². The molecular weight excluding hydrogens is 306 g/mol. The molecule has 9 heteroatoms. The molecule has 1 heterocycles. The smallest absolute Gasteiger partial charge is 0.236 e. The number of rotatable bonds is 7. The van der Waals surface area contributed by atoms with Gasteiger partial charge in [0.2, 0.25) is 15.9 Å². The van der Waals surface area contributed by atoms with E-state index in [0.717, 1.165) is 0 Å². The highest BCUT2D eigenvalue weighted by molar-refractivity contribution is 7.89. The van der Waals surface area contributed by atoms with E-state index in [-0.39, 0.29) is 18.3 Å². The van der Waals surface area contributed by atoms with Crippen LogP contribution < -0.4 is 10.6 Å². The van der Waals surface area contributed by atoms with E-state index in [2.05, 4.69) is 10.6 Å². The van der Waals surface area contributed by atoms with E-state index in [4.69, 9.17) is 0 Å². The number of carbonyl (C=O) groups excluding carboxylic acids is 1. The van der Waals surface area contributed by atoms with Crippen molar-refractivity contribution in [2.45, 2.75) is 20.0 Å². The molecule has 1 fully saturated rings. The first-order valence-corrected chi connectivity index (χ1v) is 8.15. The SMILES string of the molecule is CCN(CC)S(=O)(=O)CC(=O)NCC1CNCC1O.Cl. The number of amides is 1. The van der Waals surface area contributed by atoms with Crippen molar-refractivity contribution in [1.29, 1.82) is 0 Å². The third-order valence-electron chi connectivity index (χ3n) is 3.28. The monoisotopic (exact) mass is 329 g/mol. The minimum absolute atomic E-state index is 0. The van der Waals surface area contributed by atoms with E-state index < -0.39 is 27.8 Å². The number of sulfonamides is 1. The van der Waals surface area contributed by atoms with E-state index in [9.17, 15) is 18.3 Å². The van der Waals surface area contributed by atoms with Crippen LogP contribution in [0.4, 0.5) is 0 Å². The van der Waals surface area contributed by atoms with Crippen LogP contribution in [0.25, 0.3) is 0 Å². The molecule has 0 aromatic heterocycles. The van der Waals surface area contributed by atoms with Crippen LogP contribution in [0.2, 0.25) is 0 Å². The second kappa shape index (κ2) is 8.78. The minimum atomic E-state index is -3.54. The van der Waals surface area contributed by atoms with E-state index in [1.165, 1.54) is 4.31 Å². The van der Waals surface area contributed by atoms with Crippen molar-refractivity contribution >= 4 is 28.3 Å². The number of hydrogen-bond acceptors (Lipinski definition) is 5. The highest BCUT2D eigenvalue weighted by atomic mass is 35.5. The summed E-state index contributed by atoms with van der Waals surface area (Å²) >= 11 is 0. The Morgan fingerprint density at radius 3 is 2.40 bits per heavy atom. The van der Waals surface area contributed by atoms with Crippen molar-refractivity contribution in [2.75, 3.05) is 38.5 Å². The first-order valence-electron chi connectivity index (χ1n) is 6.54. The summed E-state index contributed by atoms with van der Waals surface area (Å²) in [6.45, 7) is 5.62. The topological polar surface area (TPSA) is 98.7 Å². The van der Waals surface area contributed by atoms with Crippen LogP contribution in [0.15, 0.2) is 0 Å². The summed E-state index contributed by atoms with van der Waals surface area (Å²) in [5.41, 5.74) is 0. The van der Waals surface area contributed by atoms with Gasteiger partial charge in [0.05, 0.1) is 6.10 Å². The maximum Gasteiger partial charge on any atom is 0.236 e. The third kappa shape index (κ3) is 5.53. The number of aliphatic hydroxyl groups excluding tert-OH is 1. The highest BCUT2D eigenvalue weighted by Crippen LogP contribution is 2.07. The van der Waals surface area contributed by atoms with Gasteiger partial charge in [0, 0.05) is 38.6 Å². The van der Waals surface area contributed by atoms with Crippen LogP contribution in [0.3, 0.4) is 0 Å². The molecule has 0 bridgehead atoms. The zero-order valence-electron chi connectivity index (χ0n) is 11.8. The lowest BCUT2D eigenvalue weighted by Gasteiger charge is -2.19. The van der Waals surface area contributed by atoms with Gasteiger partial charge in [0.15, 0.2) is 0 Å². The fourth-order valence-corrected chi connectivity index (χ4v) is 3.50. The van der Waals surface area contributed by atoms with Crippen LogP contribution in [-0.4, -0.2) is 68.3 Å². The fraction of sp³-hybridized carbons (Fsp3) is 0.909. The molecule has 7 nitrogen and oxygen atoms in total. The van der Waals surface area contributed by atoms with Gasteiger partial charge in [-0.15, -0.1) is 12.4 Å². The Hall–Kier alpha value is -0.410. The predicted octanol–water partition coefficient (Wildman–Crippen LogP) is -1.22. The number of nitrogens with zero attached hydrogens (tertiary/aromatic N) is 1. The number of halogens is 1. The van der Waals surface area contributed by atoms with Gasteiger partial charge in [-0.05, 0) is 0 Å². The molecule has 0 spiro atoms. The lowest BCUT2D eigenvalue weighted by Crippen LogP contribution is -2.41. The quantitative estimate of drug-likeness (QED) is 0.543. The number of β-amino-alcohol motifs (C(OH)–C–C–N with tert-alkyl or cyclic N) is 1. The van der Waals surface area contributed by atoms with Gasteiger partial charge in [-0.3, -0.25) is 4.79 Å². The van der Waals surface area contributed by atoms with Gasteiger partial charge in [-0.1, -0.05) is 13.8 Å². The number of hydrogen-bond donors (Lipinski definition) is 3. The van der Waals surface area contributed by atoms with Gasteiger partial charge >= 0.3 is 0 Å². The van der Waals surface area contributed by atoms with Crippen molar-refractivity contribution in [3.8, 4) is 0 Å². The largest absolute Gasteiger partial charge is 0.391 e. The van der Waals surface area contributed by atoms with Gasteiger partial charge in [-0.2, -0.15) is 0 Å². The molecule has 0 aromatic carbocycles. The van der Waals surface area contributed by atoms with Crippen molar-refractivity contribution in [3.05, 3.63) is 0 Å². The first-order chi connectivity index (χ1) is 8.90. The molecule has 1 aliphatic heterocycles. The molecule has 0 radical (unpaired) electrons. The predicted molar refractivity (Wildman–Crippen MR) is 79.3 cm³/mol. The molecule has 2 unspecified atom stereocenters. The molecule has 0 saturated carbocycles. The number of nitrogens with one attached hydrogen (secondary N) is 2. The number of carbonyl (C=O) groups is 1. The molecule has 120 valence electrons. The lowest BCUT2D eigenvalue weighted by atomic mass is 10.1. The van der Waals surface area contributed by atoms with Gasteiger partial charge in [-0.25, -0.2) is 12.7 Å². The van der Waals surface area contributed by atoms with Crippen molar-refractivity contribution < 1.29 is 18.3 Å².